The van der Waals surface area contributed by atoms with Gasteiger partial charge in [0.2, 0.25) is 5.88 Å². The third kappa shape index (κ3) is 3.63. The smallest absolute Gasteiger partial charge is 0.340 e. The molecule has 0 bridgehead atoms. The van der Waals surface area contributed by atoms with Gasteiger partial charge in [-0.1, -0.05) is 33.6 Å². The molecule has 1 aromatic heterocycles. The number of hydrogen-bond acceptors (Lipinski definition) is 4. The molecule has 0 amide bonds. The molecule has 0 atom stereocenters. The van der Waals surface area contributed by atoms with Crippen molar-refractivity contribution in [3.63, 3.8) is 0 Å². The van der Waals surface area contributed by atoms with E-state index in [0.29, 0.717) is 16.4 Å². The van der Waals surface area contributed by atoms with Crippen LogP contribution in [0.15, 0.2) is 64.0 Å². The molecule has 0 saturated carbocycles. The second-order valence-corrected chi connectivity index (χ2v) is 7.91. The van der Waals surface area contributed by atoms with Crippen LogP contribution in [0.4, 0.5) is 0 Å². The fourth-order valence-corrected chi connectivity index (χ4v) is 3.45. The first kappa shape index (κ1) is 17.0. The molecule has 3 rings (SSSR count). The van der Waals surface area contributed by atoms with Gasteiger partial charge in [0.1, 0.15) is 4.90 Å². The van der Waals surface area contributed by atoms with E-state index < -0.39 is 10.1 Å². The number of aromatic nitrogens is 2. The number of hydrogen-bond donors (Lipinski definition) is 0. The molecule has 0 spiro atoms. The van der Waals surface area contributed by atoms with E-state index in [1.807, 2.05) is 0 Å². The number of aryl methyl sites for hydroxylation is 1. The third-order valence-corrected chi connectivity index (χ3v) is 5.15. The van der Waals surface area contributed by atoms with Crippen LogP contribution in [0.25, 0.3) is 5.69 Å². The molecule has 2 aromatic carbocycles. The predicted molar refractivity (Wildman–Crippen MR) is 95.3 cm³/mol. The lowest BCUT2D eigenvalue weighted by Crippen LogP contribution is -2.12. The summed E-state index contributed by atoms with van der Waals surface area (Å²) in [7, 11) is -3.97. The van der Waals surface area contributed by atoms with Crippen molar-refractivity contribution in [3.8, 4) is 11.6 Å². The Morgan fingerprint density at radius 3 is 2.50 bits per heavy atom. The molecule has 0 unspecified atom stereocenters. The van der Waals surface area contributed by atoms with Crippen LogP contribution in [0, 0.1) is 6.92 Å². The van der Waals surface area contributed by atoms with E-state index >= 15 is 0 Å². The van der Waals surface area contributed by atoms with Crippen LogP contribution in [0.2, 0.25) is 5.02 Å². The van der Waals surface area contributed by atoms with Crippen molar-refractivity contribution in [2.45, 2.75) is 11.8 Å². The van der Waals surface area contributed by atoms with Gasteiger partial charge in [-0.15, -0.1) is 0 Å². The molecule has 0 aliphatic heterocycles. The molecule has 1 heterocycles. The summed E-state index contributed by atoms with van der Waals surface area (Å²) in [6.07, 6.45) is 0. The van der Waals surface area contributed by atoms with Crippen LogP contribution in [-0.2, 0) is 10.1 Å². The van der Waals surface area contributed by atoms with Gasteiger partial charge in [0, 0.05) is 15.6 Å². The standard InChI is InChI=1S/C16H12BrClN2O3S/c1-11-9-16(20(19-11)14-4-2-3-13(18)10-14)23-24(21,22)15-7-5-12(17)6-8-15/h2-10H,1H3. The molecule has 124 valence electrons. The van der Waals surface area contributed by atoms with Crippen molar-refractivity contribution in [1.82, 2.24) is 9.78 Å². The molecule has 8 heteroatoms. The average Bonchev–Trinajstić information content (AvgIpc) is 2.87. The van der Waals surface area contributed by atoms with Gasteiger partial charge in [-0.05, 0) is 49.4 Å². The lowest BCUT2D eigenvalue weighted by molar-refractivity contribution is 0.465. The number of nitrogens with zero attached hydrogens (tertiary/aromatic N) is 2. The van der Waals surface area contributed by atoms with E-state index in [0.717, 1.165) is 4.47 Å². The Labute approximate surface area is 153 Å². The molecule has 5 nitrogen and oxygen atoms in total. The Kier molecular flexibility index (Phi) is 4.67. The molecular formula is C16H12BrClN2O3S. The highest BCUT2D eigenvalue weighted by Gasteiger charge is 2.20. The lowest BCUT2D eigenvalue weighted by Gasteiger charge is -2.09. The highest BCUT2D eigenvalue weighted by atomic mass is 79.9. The number of rotatable bonds is 4. The predicted octanol–water partition coefficient (Wildman–Crippen LogP) is 4.36. The molecule has 0 aliphatic carbocycles. The van der Waals surface area contributed by atoms with E-state index in [1.54, 1.807) is 49.4 Å². The molecule has 0 N–H and O–H groups in total. The minimum atomic E-state index is -3.97. The van der Waals surface area contributed by atoms with Gasteiger partial charge in [0.25, 0.3) is 0 Å². The topological polar surface area (TPSA) is 61.2 Å². The Bertz CT molecular complexity index is 985. The van der Waals surface area contributed by atoms with Crippen molar-refractivity contribution < 1.29 is 12.6 Å². The van der Waals surface area contributed by atoms with E-state index in [-0.39, 0.29) is 10.8 Å². The van der Waals surface area contributed by atoms with Crippen LogP contribution in [0.3, 0.4) is 0 Å². The van der Waals surface area contributed by atoms with Gasteiger partial charge >= 0.3 is 10.1 Å². The Morgan fingerprint density at radius 2 is 1.83 bits per heavy atom. The molecule has 3 aromatic rings. The summed E-state index contributed by atoms with van der Waals surface area (Å²) in [4.78, 5) is 0.0576. The number of halogens is 2. The SMILES string of the molecule is Cc1cc(OS(=O)(=O)c2ccc(Br)cc2)n(-c2cccc(Cl)c2)n1. The molecular weight excluding hydrogens is 416 g/mol. The maximum absolute atomic E-state index is 12.5. The van der Waals surface area contributed by atoms with Gasteiger partial charge in [0.15, 0.2) is 0 Å². The van der Waals surface area contributed by atoms with Gasteiger partial charge < -0.3 is 4.18 Å². The summed E-state index contributed by atoms with van der Waals surface area (Å²) >= 11 is 9.26. The van der Waals surface area contributed by atoms with E-state index in [4.69, 9.17) is 15.8 Å². The Hall–Kier alpha value is -1.83. The van der Waals surface area contributed by atoms with Crippen molar-refractivity contribution in [1.29, 1.82) is 0 Å². The Morgan fingerprint density at radius 1 is 1.12 bits per heavy atom. The maximum atomic E-state index is 12.5. The van der Waals surface area contributed by atoms with E-state index in [1.165, 1.54) is 16.8 Å². The first-order chi connectivity index (χ1) is 11.3. The monoisotopic (exact) mass is 426 g/mol. The van der Waals surface area contributed by atoms with Crippen LogP contribution < -0.4 is 4.18 Å². The van der Waals surface area contributed by atoms with Crippen LogP contribution >= 0.6 is 27.5 Å². The third-order valence-electron chi connectivity index (χ3n) is 3.15. The van der Waals surface area contributed by atoms with Crippen molar-refractivity contribution in [2.24, 2.45) is 0 Å². The van der Waals surface area contributed by atoms with Crippen molar-refractivity contribution >= 4 is 37.6 Å². The minimum absolute atomic E-state index is 0.0576. The lowest BCUT2D eigenvalue weighted by atomic mass is 10.3. The van der Waals surface area contributed by atoms with E-state index in [2.05, 4.69) is 21.0 Å². The summed E-state index contributed by atoms with van der Waals surface area (Å²) in [6.45, 7) is 1.75. The molecule has 0 radical (unpaired) electrons. The van der Waals surface area contributed by atoms with Crippen LogP contribution in [0.5, 0.6) is 5.88 Å². The summed E-state index contributed by atoms with van der Waals surface area (Å²) < 4.78 is 32.4. The maximum Gasteiger partial charge on any atom is 0.340 e. The minimum Gasteiger partial charge on any atom is -0.358 e. The first-order valence-corrected chi connectivity index (χ1v) is 9.46. The van der Waals surface area contributed by atoms with Crippen LogP contribution in [0.1, 0.15) is 5.69 Å². The molecule has 0 fully saturated rings. The molecule has 24 heavy (non-hydrogen) atoms. The zero-order valence-corrected chi connectivity index (χ0v) is 15.6. The van der Waals surface area contributed by atoms with Gasteiger partial charge in [-0.3, -0.25) is 0 Å². The second-order valence-electron chi connectivity index (χ2n) is 5.01. The zero-order chi connectivity index (χ0) is 17.3. The van der Waals surface area contributed by atoms with Crippen molar-refractivity contribution in [2.75, 3.05) is 0 Å². The summed E-state index contributed by atoms with van der Waals surface area (Å²) in [6, 6.07) is 14.7. The summed E-state index contributed by atoms with van der Waals surface area (Å²) in [5, 5.41) is 4.79. The highest BCUT2D eigenvalue weighted by molar-refractivity contribution is 9.10. The molecule has 0 saturated heterocycles. The molecule has 0 aliphatic rings. The second kappa shape index (κ2) is 6.58. The van der Waals surface area contributed by atoms with Gasteiger partial charge in [0.05, 0.1) is 11.4 Å². The summed E-state index contributed by atoms with van der Waals surface area (Å²) in [5.41, 5.74) is 1.23. The van der Waals surface area contributed by atoms with Gasteiger partial charge in [-0.25, -0.2) is 0 Å². The largest absolute Gasteiger partial charge is 0.358 e. The normalized spacial score (nSPS) is 11.5. The highest BCUT2D eigenvalue weighted by Crippen LogP contribution is 2.25. The van der Waals surface area contributed by atoms with E-state index in [9.17, 15) is 8.42 Å². The average molecular weight is 428 g/mol. The summed E-state index contributed by atoms with van der Waals surface area (Å²) in [5.74, 6) is 0.0951. The van der Waals surface area contributed by atoms with Crippen LogP contribution in [-0.4, -0.2) is 18.2 Å². The Balaban J connectivity index is 2.00. The fourth-order valence-electron chi connectivity index (χ4n) is 2.09. The van der Waals surface area contributed by atoms with Gasteiger partial charge in [-0.2, -0.15) is 18.2 Å². The quantitative estimate of drug-likeness (QED) is 0.580. The first-order valence-electron chi connectivity index (χ1n) is 6.88. The fraction of sp³-hybridized carbons (Fsp3) is 0.0625. The zero-order valence-electron chi connectivity index (χ0n) is 12.5. The number of benzene rings is 2. The van der Waals surface area contributed by atoms with Crippen molar-refractivity contribution in [3.05, 3.63) is 69.8 Å².